The number of carbonyl (C=O) groups excluding carboxylic acids is 1. The maximum atomic E-state index is 12.7. The smallest absolute Gasteiger partial charge is 0.303 e. The molecule has 0 spiro atoms. The van der Waals surface area contributed by atoms with Gasteiger partial charge in [-0.1, -0.05) is 24.3 Å². The van der Waals surface area contributed by atoms with Crippen molar-refractivity contribution in [2.24, 2.45) is 0 Å². The third-order valence-electron chi connectivity index (χ3n) is 5.07. The van der Waals surface area contributed by atoms with Gasteiger partial charge in [0.2, 0.25) is 0 Å². The minimum atomic E-state index is -0.823. The second-order valence-corrected chi connectivity index (χ2v) is 7.36. The van der Waals surface area contributed by atoms with Crippen molar-refractivity contribution in [3.05, 3.63) is 88.5 Å². The Morgan fingerprint density at radius 2 is 1.74 bits per heavy atom. The summed E-state index contributed by atoms with van der Waals surface area (Å²) in [6.07, 6.45) is 0.554. The lowest BCUT2D eigenvalue weighted by Crippen LogP contribution is -2.23. The van der Waals surface area contributed by atoms with Crippen molar-refractivity contribution in [3.8, 4) is 17.2 Å². The van der Waals surface area contributed by atoms with Crippen LogP contribution in [0.15, 0.2) is 60.7 Å². The largest absolute Gasteiger partial charge is 0.508 e. The van der Waals surface area contributed by atoms with Gasteiger partial charge in [-0.2, -0.15) is 0 Å². The number of hydrogen-bond acceptors (Lipinski definition) is 4. The molecule has 0 bridgehead atoms. The molecule has 6 nitrogen and oxygen atoms in total. The molecule has 3 rings (SSSR count). The van der Waals surface area contributed by atoms with Gasteiger partial charge in [0.25, 0.3) is 5.91 Å². The molecule has 0 aliphatic heterocycles. The Kier molecular flexibility index (Phi) is 6.92. The van der Waals surface area contributed by atoms with Crippen LogP contribution in [-0.2, 0) is 17.8 Å². The number of phenols is 1. The van der Waals surface area contributed by atoms with Gasteiger partial charge in [-0.15, -0.1) is 0 Å². The molecule has 0 aliphatic rings. The highest BCUT2D eigenvalue weighted by molar-refractivity contribution is 5.96. The van der Waals surface area contributed by atoms with Gasteiger partial charge in [0, 0.05) is 24.1 Å². The highest BCUT2D eigenvalue weighted by Gasteiger charge is 2.13. The van der Waals surface area contributed by atoms with E-state index >= 15 is 0 Å². The maximum Gasteiger partial charge on any atom is 0.303 e. The topological polar surface area (TPSA) is 95.9 Å². The maximum absolute atomic E-state index is 12.7. The van der Waals surface area contributed by atoms with Crippen molar-refractivity contribution in [3.63, 3.8) is 0 Å². The van der Waals surface area contributed by atoms with Crippen LogP contribution in [0.5, 0.6) is 17.2 Å². The lowest BCUT2D eigenvalue weighted by Gasteiger charge is -2.14. The molecule has 0 unspecified atom stereocenters. The van der Waals surface area contributed by atoms with E-state index in [0.717, 1.165) is 22.3 Å². The molecule has 160 valence electrons. The van der Waals surface area contributed by atoms with E-state index in [1.54, 1.807) is 48.5 Å². The Morgan fingerprint density at radius 3 is 2.42 bits per heavy atom. The van der Waals surface area contributed by atoms with Crippen molar-refractivity contribution in [2.45, 2.75) is 33.2 Å². The van der Waals surface area contributed by atoms with E-state index in [4.69, 9.17) is 9.84 Å². The zero-order chi connectivity index (χ0) is 22.4. The molecule has 3 N–H and O–H groups in total. The molecule has 0 saturated heterocycles. The van der Waals surface area contributed by atoms with E-state index < -0.39 is 5.97 Å². The van der Waals surface area contributed by atoms with Crippen LogP contribution in [0.2, 0.25) is 0 Å². The van der Waals surface area contributed by atoms with E-state index in [1.807, 2.05) is 26.0 Å². The molecule has 0 aromatic heterocycles. The Bertz CT molecular complexity index is 1090. The number of amides is 1. The minimum absolute atomic E-state index is 0.0848. The fourth-order valence-corrected chi connectivity index (χ4v) is 3.24. The number of aryl methyl sites for hydroxylation is 2. The summed E-state index contributed by atoms with van der Waals surface area (Å²) in [6.45, 7) is 4.10. The molecular weight excluding hydrogens is 394 g/mol. The van der Waals surface area contributed by atoms with Crippen LogP contribution in [0.3, 0.4) is 0 Å². The van der Waals surface area contributed by atoms with Crippen LogP contribution in [0.25, 0.3) is 0 Å². The molecular formula is C25H25NO5. The zero-order valence-electron chi connectivity index (χ0n) is 17.5. The van der Waals surface area contributed by atoms with E-state index in [1.165, 1.54) is 0 Å². The quantitative estimate of drug-likeness (QED) is 0.490. The SMILES string of the molecule is Cc1cc(Oc2cccc(C(=O)NCc3ccc(O)cc3)c2C)ccc1CCC(=O)O. The van der Waals surface area contributed by atoms with Gasteiger partial charge in [-0.25, -0.2) is 0 Å². The van der Waals surface area contributed by atoms with Gasteiger partial charge >= 0.3 is 5.97 Å². The molecule has 1 amide bonds. The van der Waals surface area contributed by atoms with Crippen molar-refractivity contribution >= 4 is 11.9 Å². The normalized spacial score (nSPS) is 10.5. The first kappa shape index (κ1) is 21.9. The Balaban J connectivity index is 1.70. The standard InChI is InChI=1S/C25H25NO5/c1-16-14-21(12-8-19(16)9-13-24(28)29)31-23-5-3-4-22(17(23)2)25(30)26-15-18-6-10-20(27)11-7-18/h3-8,10-12,14,27H,9,13,15H2,1-2H3,(H,26,30)(H,28,29). The van der Waals surface area contributed by atoms with Crippen LogP contribution in [0.4, 0.5) is 0 Å². The Labute approximate surface area is 181 Å². The van der Waals surface area contributed by atoms with Crippen LogP contribution in [0.1, 0.15) is 39.0 Å². The predicted octanol–water partition coefficient (Wildman–Crippen LogP) is 4.75. The number of rotatable bonds is 8. The summed E-state index contributed by atoms with van der Waals surface area (Å²) >= 11 is 0. The summed E-state index contributed by atoms with van der Waals surface area (Å²) in [5.41, 5.74) is 4.05. The number of benzene rings is 3. The van der Waals surface area contributed by atoms with E-state index in [2.05, 4.69) is 5.32 Å². The second kappa shape index (κ2) is 9.80. The summed E-state index contributed by atoms with van der Waals surface area (Å²) in [6, 6.07) is 17.5. The summed E-state index contributed by atoms with van der Waals surface area (Å²) < 4.78 is 6.01. The van der Waals surface area contributed by atoms with Crippen molar-refractivity contribution in [2.75, 3.05) is 0 Å². The van der Waals surface area contributed by atoms with Gasteiger partial charge in [0.1, 0.15) is 17.2 Å². The van der Waals surface area contributed by atoms with Gasteiger partial charge < -0.3 is 20.3 Å². The highest BCUT2D eigenvalue weighted by atomic mass is 16.5. The Hall–Kier alpha value is -3.80. The number of aliphatic carboxylic acids is 1. The monoisotopic (exact) mass is 419 g/mol. The number of carboxylic acid groups (broad SMARTS) is 1. The van der Waals surface area contributed by atoms with Crippen LogP contribution in [-0.4, -0.2) is 22.1 Å². The summed E-state index contributed by atoms with van der Waals surface area (Å²) in [7, 11) is 0. The lowest BCUT2D eigenvalue weighted by molar-refractivity contribution is -0.136. The number of carboxylic acids is 1. The van der Waals surface area contributed by atoms with Crippen LogP contribution >= 0.6 is 0 Å². The first-order valence-corrected chi connectivity index (χ1v) is 9.98. The molecule has 0 saturated carbocycles. The number of hydrogen-bond donors (Lipinski definition) is 3. The van der Waals surface area contributed by atoms with E-state index in [-0.39, 0.29) is 18.1 Å². The van der Waals surface area contributed by atoms with Crippen molar-refractivity contribution in [1.82, 2.24) is 5.32 Å². The van der Waals surface area contributed by atoms with Gasteiger partial charge in [0.15, 0.2) is 0 Å². The first-order valence-electron chi connectivity index (χ1n) is 9.98. The average molecular weight is 419 g/mol. The molecule has 0 aliphatic carbocycles. The molecule has 0 atom stereocenters. The van der Waals surface area contributed by atoms with Gasteiger partial charge in [-0.05, 0) is 73.4 Å². The highest BCUT2D eigenvalue weighted by Crippen LogP contribution is 2.29. The lowest BCUT2D eigenvalue weighted by atomic mass is 10.0. The first-order chi connectivity index (χ1) is 14.8. The van der Waals surface area contributed by atoms with Gasteiger partial charge in [-0.3, -0.25) is 9.59 Å². The third kappa shape index (κ3) is 5.85. The van der Waals surface area contributed by atoms with Crippen molar-refractivity contribution < 1.29 is 24.5 Å². The number of ether oxygens (including phenoxy) is 1. The Morgan fingerprint density at radius 1 is 1.00 bits per heavy atom. The number of carbonyl (C=O) groups is 2. The molecule has 6 heteroatoms. The molecule has 3 aromatic rings. The molecule has 0 heterocycles. The fraction of sp³-hybridized carbons (Fsp3) is 0.200. The summed E-state index contributed by atoms with van der Waals surface area (Å²) in [5, 5.41) is 21.1. The average Bonchev–Trinajstić information content (AvgIpc) is 2.74. The molecule has 3 aromatic carbocycles. The molecule has 31 heavy (non-hydrogen) atoms. The summed E-state index contributed by atoms with van der Waals surface area (Å²) in [5.74, 6) is 0.351. The van der Waals surface area contributed by atoms with Crippen molar-refractivity contribution in [1.29, 1.82) is 0 Å². The number of phenolic OH excluding ortho intramolecular Hbond substituents is 1. The summed E-state index contributed by atoms with van der Waals surface area (Å²) in [4.78, 5) is 23.5. The molecule has 0 fully saturated rings. The number of aromatic hydroxyl groups is 1. The van der Waals surface area contributed by atoms with Crippen LogP contribution in [0, 0.1) is 13.8 Å². The minimum Gasteiger partial charge on any atom is -0.508 e. The van der Waals surface area contributed by atoms with Crippen LogP contribution < -0.4 is 10.1 Å². The second-order valence-electron chi connectivity index (χ2n) is 7.36. The fourth-order valence-electron chi connectivity index (χ4n) is 3.24. The van der Waals surface area contributed by atoms with Gasteiger partial charge in [0.05, 0.1) is 0 Å². The molecule has 0 radical (unpaired) electrons. The number of nitrogens with one attached hydrogen (secondary N) is 1. The zero-order valence-corrected chi connectivity index (χ0v) is 17.5. The third-order valence-corrected chi connectivity index (χ3v) is 5.07. The van der Waals surface area contributed by atoms with E-state index in [9.17, 15) is 14.7 Å². The predicted molar refractivity (Wildman–Crippen MR) is 118 cm³/mol. The van der Waals surface area contributed by atoms with E-state index in [0.29, 0.717) is 30.0 Å².